The van der Waals surface area contributed by atoms with Crippen molar-refractivity contribution in [1.29, 1.82) is 0 Å². The number of rotatable bonds is 5. The minimum atomic E-state index is -0.398. The lowest BCUT2D eigenvalue weighted by Crippen LogP contribution is -2.48. The normalized spacial score (nSPS) is 15.1. The Labute approximate surface area is 155 Å². The lowest BCUT2D eigenvalue weighted by Gasteiger charge is -2.26. The summed E-state index contributed by atoms with van der Waals surface area (Å²) >= 11 is 0. The second kappa shape index (κ2) is 7.36. The molecular weight excluding hydrogens is 349 g/mol. The fourth-order valence-electron chi connectivity index (χ4n) is 3.18. The van der Waals surface area contributed by atoms with Crippen molar-refractivity contribution in [1.82, 2.24) is 15.2 Å². The number of fused-ring (bicyclic) bond motifs is 1. The maximum absolute atomic E-state index is 14.2. The van der Waals surface area contributed by atoms with Gasteiger partial charge in [-0.05, 0) is 35.4 Å². The molecule has 0 radical (unpaired) electrons. The highest BCUT2D eigenvalue weighted by Gasteiger charge is 2.15. The number of piperazine rings is 1. The van der Waals surface area contributed by atoms with Gasteiger partial charge in [-0.1, -0.05) is 12.1 Å². The lowest BCUT2D eigenvalue weighted by molar-refractivity contribution is -0.124. The Morgan fingerprint density at radius 2 is 2.07 bits per heavy atom. The highest BCUT2D eigenvalue weighted by Crippen LogP contribution is 2.28. The highest BCUT2D eigenvalue weighted by molar-refractivity contribution is 5.81. The Hall–Kier alpha value is -2.93. The topological polar surface area (TPSA) is 67.6 Å². The molecule has 0 aliphatic carbocycles. The number of aryl methyl sites for hydroxylation is 1. The van der Waals surface area contributed by atoms with Crippen molar-refractivity contribution < 1.29 is 18.3 Å². The summed E-state index contributed by atoms with van der Waals surface area (Å²) in [5, 5.41) is 2.80. The van der Waals surface area contributed by atoms with E-state index in [1.807, 2.05) is 24.3 Å². The first-order valence-corrected chi connectivity index (χ1v) is 8.87. The zero-order valence-corrected chi connectivity index (χ0v) is 15.0. The molecule has 0 saturated carbocycles. The highest BCUT2D eigenvalue weighted by atomic mass is 19.1. The van der Waals surface area contributed by atoms with Gasteiger partial charge in [0, 0.05) is 26.6 Å². The molecule has 0 atom stereocenters. The SMILES string of the molecule is Cc1nc2c(F)cc(-c3ccc(OCCN4CCNC(=O)C4)cc3)cc2o1. The van der Waals surface area contributed by atoms with E-state index in [4.69, 9.17) is 9.15 Å². The van der Waals surface area contributed by atoms with Gasteiger partial charge in [0.05, 0.1) is 6.54 Å². The van der Waals surface area contributed by atoms with Crippen molar-refractivity contribution in [2.45, 2.75) is 6.92 Å². The van der Waals surface area contributed by atoms with Gasteiger partial charge in [-0.15, -0.1) is 0 Å². The smallest absolute Gasteiger partial charge is 0.234 e. The van der Waals surface area contributed by atoms with Crippen LogP contribution in [0.2, 0.25) is 0 Å². The van der Waals surface area contributed by atoms with Crippen molar-refractivity contribution >= 4 is 17.0 Å². The number of nitrogens with zero attached hydrogens (tertiary/aromatic N) is 2. The molecule has 7 heteroatoms. The van der Waals surface area contributed by atoms with E-state index in [9.17, 15) is 9.18 Å². The predicted molar refractivity (Wildman–Crippen MR) is 99.1 cm³/mol. The van der Waals surface area contributed by atoms with Crippen LogP contribution in [0, 0.1) is 12.7 Å². The van der Waals surface area contributed by atoms with Crippen LogP contribution < -0.4 is 10.1 Å². The monoisotopic (exact) mass is 369 g/mol. The van der Waals surface area contributed by atoms with Crippen LogP contribution in [-0.2, 0) is 4.79 Å². The number of halogens is 1. The van der Waals surface area contributed by atoms with Gasteiger partial charge >= 0.3 is 0 Å². The Morgan fingerprint density at radius 1 is 1.26 bits per heavy atom. The van der Waals surface area contributed by atoms with Gasteiger partial charge in [0.1, 0.15) is 17.9 Å². The average Bonchev–Trinajstić information content (AvgIpc) is 3.03. The lowest BCUT2D eigenvalue weighted by atomic mass is 10.0. The molecule has 1 fully saturated rings. The van der Waals surface area contributed by atoms with Crippen LogP contribution in [0.15, 0.2) is 40.8 Å². The van der Waals surface area contributed by atoms with Gasteiger partial charge in [-0.3, -0.25) is 9.69 Å². The van der Waals surface area contributed by atoms with E-state index in [0.29, 0.717) is 37.7 Å². The fourth-order valence-corrected chi connectivity index (χ4v) is 3.18. The van der Waals surface area contributed by atoms with Crippen molar-refractivity contribution in [3.8, 4) is 16.9 Å². The summed E-state index contributed by atoms with van der Waals surface area (Å²) in [5.74, 6) is 0.829. The van der Waals surface area contributed by atoms with Crippen LogP contribution in [0.1, 0.15) is 5.89 Å². The molecule has 0 unspecified atom stereocenters. The molecule has 1 saturated heterocycles. The van der Waals surface area contributed by atoms with Gasteiger partial charge in [-0.25, -0.2) is 9.37 Å². The summed E-state index contributed by atoms with van der Waals surface area (Å²) in [5.41, 5.74) is 2.28. The number of carbonyl (C=O) groups is 1. The molecule has 27 heavy (non-hydrogen) atoms. The first-order valence-electron chi connectivity index (χ1n) is 8.87. The maximum Gasteiger partial charge on any atom is 0.234 e. The van der Waals surface area contributed by atoms with Crippen LogP contribution in [0.4, 0.5) is 4.39 Å². The van der Waals surface area contributed by atoms with Crippen molar-refractivity contribution in [2.24, 2.45) is 0 Å². The number of oxazole rings is 1. The fraction of sp³-hybridized carbons (Fsp3) is 0.300. The van der Waals surface area contributed by atoms with Crippen LogP contribution in [0.3, 0.4) is 0 Å². The van der Waals surface area contributed by atoms with Gasteiger partial charge < -0.3 is 14.5 Å². The zero-order valence-electron chi connectivity index (χ0n) is 15.0. The van der Waals surface area contributed by atoms with Crippen molar-refractivity contribution in [3.63, 3.8) is 0 Å². The summed E-state index contributed by atoms with van der Waals surface area (Å²) in [6.45, 7) is 4.83. The van der Waals surface area contributed by atoms with Crippen molar-refractivity contribution in [3.05, 3.63) is 48.1 Å². The first kappa shape index (κ1) is 17.5. The van der Waals surface area contributed by atoms with Gasteiger partial charge in [-0.2, -0.15) is 0 Å². The first-order chi connectivity index (χ1) is 13.1. The largest absolute Gasteiger partial charge is 0.492 e. The summed E-state index contributed by atoms with van der Waals surface area (Å²) < 4.78 is 25.4. The molecule has 2 heterocycles. The van der Waals surface area contributed by atoms with Crippen LogP contribution >= 0.6 is 0 Å². The number of nitrogens with one attached hydrogen (secondary N) is 1. The summed E-state index contributed by atoms with van der Waals surface area (Å²) in [4.78, 5) is 17.5. The minimum absolute atomic E-state index is 0.0526. The Bertz CT molecular complexity index is 969. The van der Waals surface area contributed by atoms with E-state index in [-0.39, 0.29) is 11.4 Å². The third kappa shape index (κ3) is 3.93. The standard InChI is InChI=1S/C20H20FN3O3/c1-13-23-20-17(21)10-15(11-18(20)27-13)14-2-4-16(5-3-14)26-9-8-24-7-6-22-19(25)12-24/h2-5,10-11H,6-9,12H2,1H3,(H,22,25). The zero-order chi connectivity index (χ0) is 18.8. The van der Waals surface area contributed by atoms with Crippen LogP contribution in [-0.4, -0.2) is 48.6 Å². The minimum Gasteiger partial charge on any atom is -0.492 e. The van der Waals surface area contributed by atoms with Crippen LogP contribution in [0.5, 0.6) is 5.75 Å². The molecule has 1 aliphatic rings. The quantitative estimate of drug-likeness (QED) is 0.749. The number of ether oxygens (including phenoxy) is 1. The van der Waals surface area contributed by atoms with Gasteiger partial charge in [0.25, 0.3) is 0 Å². The number of aromatic nitrogens is 1. The number of amides is 1. The number of benzene rings is 2. The van der Waals surface area contributed by atoms with Gasteiger partial charge in [0.2, 0.25) is 5.91 Å². The average molecular weight is 369 g/mol. The molecule has 4 rings (SSSR count). The Balaban J connectivity index is 1.40. The molecular formula is C20H20FN3O3. The van der Waals surface area contributed by atoms with E-state index in [0.717, 1.165) is 23.4 Å². The Morgan fingerprint density at radius 3 is 2.85 bits per heavy atom. The third-order valence-corrected chi connectivity index (χ3v) is 4.54. The van der Waals surface area contributed by atoms with Gasteiger partial charge in [0.15, 0.2) is 17.3 Å². The molecule has 3 aromatic rings. The molecule has 140 valence electrons. The van der Waals surface area contributed by atoms with E-state index < -0.39 is 5.82 Å². The molecule has 0 bridgehead atoms. The summed E-state index contributed by atoms with van der Waals surface area (Å²) in [7, 11) is 0. The van der Waals surface area contributed by atoms with E-state index in [2.05, 4.69) is 15.2 Å². The van der Waals surface area contributed by atoms with E-state index >= 15 is 0 Å². The summed E-state index contributed by atoms with van der Waals surface area (Å²) in [6, 6.07) is 10.7. The molecule has 1 aromatic heterocycles. The number of hydrogen-bond acceptors (Lipinski definition) is 5. The predicted octanol–water partition coefficient (Wildman–Crippen LogP) is 2.75. The maximum atomic E-state index is 14.2. The second-order valence-corrected chi connectivity index (χ2v) is 6.54. The molecule has 1 N–H and O–H groups in total. The molecule has 0 spiro atoms. The number of carbonyl (C=O) groups excluding carboxylic acids is 1. The number of hydrogen-bond donors (Lipinski definition) is 1. The van der Waals surface area contributed by atoms with Crippen molar-refractivity contribution in [2.75, 3.05) is 32.8 Å². The Kier molecular flexibility index (Phi) is 4.77. The molecule has 6 nitrogen and oxygen atoms in total. The van der Waals surface area contributed by atoms with Crippen LogP contribution in [0.25, 0.3) is 22.2 Å². The second-order valence-electron chi connectivity index (χ2n) is 6.54. The molecule has 2 aromatic carbocycles. The van der Waals surface area contributed by atoms with E-state index in [1.165, 1.54) is 6.07 Å². The molecule has 1 amide bonds. The third-order valence-electron chi connectivity index (χ3n) is 4.54. The van der Waals surface area contributed by atoms with E-state index in [1.54, 1.807) is 13.0 Å². The molecule has 1 aliphatic heterocycles. The summed E-state index contributed by atoms with van der Waals surface area (Å²) in [6.07, 6.45) is 0.